The Morgan fingerprint density at radius 3 is 2.35 bits per heavy atom. The third-order valence-electron chi connectivity index (χ3n) is 3.58. The number of hydrogen-bond donors (Lipinski definition) is 2. The Labute approximate surface area is 118 Å². The lowest BCUT2D eigenvalue weighted by Gasteiger charge is -2.23. The standard InChI is InChI=1S/C14H20N2O4/c1-19-11-8-10(16-5-3-4-6-16)12(20-2)7-9(11)13(15)14(17)18/h7-8,13H,3-6,15H2,1-2H3,(H,17,18). The van der Waals surface area contributed by atoms with Gasteiger partial charge in [-0.15, -0.1) is 0 Å². The van der Waals surface area contributed by atoms with Gasteiger partial charge in [0, 0.05) is 24.7 Å². The maximum Gasteiger partial charge on any atom is 0.325 e. The number of anilines is 1. The van der Waals surface area contributed by atoms with Crippen molar-refractivity contribution in [3.8, 4) is 11.5 Å². The van der Waals surface area contributed by atoms with E-state index in [4.69, 9.17) is 20.3 Å². The first-order valence-electron chi connectivity index (χ1n) is 6.57. The second-order valence-corrected chi connectivity index (χ2v) is 4.78. The van der Waals surface area contributed by atoms with E-state index in [9.17, 15) is 4.79 Å². The van der Waals surface area contributed by atoms with Crippen LogP contribution in [0.4, 0.5) is 5.69 Å². The van der Waals surface area contributed by atoms with Gasteiger partial charge in [-0.1, -0.05) is 0 Å². The summed E-state index contributed by atoms with van der Waals surface area (Å²) in [5, 5.41) is 9.07. The number of nitrogens with two attached hydrogens (primary N) is 1. The second-order valence-electron chi connectivity index (χ2n) is 4.78. The highest BCUT2D eigenvalue weighted by Crippen LogP contribution is 2.38. The molecule has 1 fully saturated rings. The Hall–Kier alpha value is -1.95. The van der Waals surface area contributed by atoms with Crippen LogP contribution in [-0.4, -0.2) is 38.4 Å². The lowest BCUT2D eigenvalue weighted by Crippen LogP contribution is -2.23. The zero-order valence-corrected chi connectivity index (χ0v) is 11.8. The van der Waals surface area contributed by atoms with E-state index < -0.39 is 12.0 Å². The van der Waals surface area contributed by atoms with E-state index in [2.05, 4.69) is 4.90 Å². The smallest absolute Gasteiger partial charge is 0.325 e. The molecule has 0 bridgehead atoms. The molecule has 0 aromatic heterocycles. The van der Waals surface area contributed by atoms with Crippen LogP contribution < -0.4 is 20.1 Å². The maximum atomic E-state index is 11.1. The summed E-state index contributed by atoms with van der Waals surface area (Å²) in [6, 6.07) is 2.33. The average Bonchev–Trinajstić information content (AvgIpc) is 2.98. The van der Waals surface area contributed by atoms with E-state index in [-0.39, 0.29) is 0 Å². The Morgan fingerprint density at radius 2 is 1.85 bits per heavy atom. The van der Waals surface area contributed by atoms with Gasteiger partial charge >= 0.3 is 5.97 Å². The molecule has 1 aliphatic rings. The number of carbonyl (C=O) groups is 1. The Morgan fingerprint density at radius 1 is 1.25 bits per heavy atom. The van der Waals surface area contributed by atoms with Crippen molar-refractivity contribution in [1.29, 1.82) is 0 Å². The van der Waals surface area contributed by atoms with E-state index in [1.54, 1.807) is 13.2 Å². The summed E-state index contributed by atoms with van der Waals surface area (Å²) in [5.41, 5.74) is 7.03. The summed E-state index contributed by atoms with van der Waals surface area (Å²) < 4.78 is 10.7. The first-order valence-corrected chi connectivity index (χ1v) is 6.57. The van der Waals surface area contributed by atoms with Crippen molar-refractivity contribution in [2.24, 2.45) is 5.73 Å². The minimum atomic E-state index is -1.13. The SMILES string of the molecule is COc1cc(N2CCCC2)c(OC)cc1C(N)C(=O)O. The summed E-state index contributed by atoms with van der Waals surface area (Å²) in [6.45, 7) is 1.92. The van der Waals surface area contributed by atoms with Gasteiger partial charge in [-0.3, -0.25) is 4.79 Å². The Kier molecular flexibility index (Phi) is 4.34. The van der Waals surface area contributed by atoms with Crippen molar-refractivity contribution >= 4 is 11.7 Å². The molecule has 0 spiro atoms. The molecule has 0 amide bonds. The van der Waals surface area contributed by atoms with E-state index >= 15 is 0 Å². The Balaban J connectivity index is 2.47. The lowest BCUT2D eigenvalue weighted by atomic mass is 10.0. The number of nitrogens with zero attached hydrogens (tertiary/aromatic N) is 1. The number of aliphatic carboxylic acids is 1. The van der Waals surface area contributed by atoms with Crippen LogP contribution >= 0.6 is 0 Å². The van der Waals surface area contributed by atoms with Crippen LogP contribution in [0.5, 0.6) is 11.5 Å². The van der Waals surface area contributed by atoms with Crippen molar-refractivity contribution in [2.75, 3.05) is 32.2 Å². The molecule has 0 saturated carbocycles. The Bertz CT molecular complexity index is 498. The number of benzene rings is 1. The summed E-state index contributed by atoms with van der Waals surface area (Å²) in [4.78, 5) is 13.3. The molecule has 1 atom stereocenters. The van der Waals surface area contributed by atoms with Crippen molar-refractivity contribution < 1.29 is 19.4 Å². The van der Waals surface area contributed by atoms with Gasteiger partial charge in [-0.25, -0.2) is 0 Å². The predicted molar refractivity (Wildman–Crippen MR) is 75.6 cm³/mol. The molecule has 1 aromatic rings. The summed E-state index contributed by atoms with van der Waals surface area (Å²) in [5.74, 6) is 0.00118. The number of hydrogen-bond acceptors (Lipinski definition) is 5. The largest absolute Gasteiger partial charge is 0.496 e. The van der Waals surface area contributed by atoms with Gasteiger partial charge in [-0.05, 0) is 18.9 Å². The van der Waals surface area contributed by atoms with Crippen molar-refractivity contribution in [2.45, 2.75) is 18.9 Å². The fourth-order valence-electron chi connectivity index (χ4n) is 2.49. The van der Waals surface area contributed by atoms with Gasteiger partial charge in [0.1, 0.15) is 17.5 Å². The van der Waals surface area contributed by atoms with E-state index in [0.29, 0.717) is 17.1 Å². The van der Waals surface area contributed by atoms with Crippen LogP contribution in [0.1, 0.15) is 24.4 Å². The van der Waals surface area contributed by atoms with Crippen molar-refractivity contribution in [1.82, 2.24) is 0 Å². The van der Waals surface area contributed by atoms with Crippen molar-refractivity contribution in [3.05, 3.63) is 17.7 Å². The zero-order valence-electron chi connectivity index (χ0n) is 11.8. The van der Waals surface area contributed by atoms with Gasteiger partial charge in [0.2, 0.25) is 0 Å². The van der Waals surface area contributed by atoms with Crippen LogP contribution in [0.25, 0.3) is 0 Å². The van der Waals surface area contributed by atoms with Gasteiger partial charge in [0.25, 0.3) is 0 Å². The number of carboxylic acids is 1. The fourth-order valence-corrected chi connectivity index (χ4v) is 2.49. The maximum absolute atomic E-state index is 11.1. The van der Waals surface area contributed by atoms with Crippen LogP contribution in [0.15, 0.2) is 12.1 Å². The molecule has 1 unspecified atom stereocenters. The molecule has 6 heteroatoms. The molecule has 6 nitrogen and oxygen atoms in total. The molecule has 20 heavy (non-hydrogen) atoms. The van der Waals surface area contributed by atoms with Gasteiger partial charge in [0.15, 0.2) is 0 Å². The minimum Gasteiger partial charge on any atom is -0.496 e. The predicted octanol–water partition coefficient (Wildman–Crippen LogP) is 1.39. The second kappa shape index (κ2) is 6.00. The van der Waals surface area contributed by atoms with E-state index in [0.717, 1.165) is 31.6 Å². The molecular formula is C14H20N2O4. The summed E-state index contributed by atoms with van der Waals surface area (Å²) >= 11 is 0. The molecule has 3 N–H and O–H groups in total. The number of ether oxygens (including phenoxy) is 2. The molecular weight excluding hydrogens is 260 g/mol. The molecule has 1 saturated heterocycles. The third kappa shape index (κ3) is 2.65. The van der Waals surface area contributed by atoms with Gasteiger partial charge in [-0.2, -0.15) is 0 Å². The summed E-state index contributed by atoms with van der Waals surface area (Å²) in [7, 11) is 3.07. The quantitative estimate of drug-likeness (QED) is 0.847. The third-order valence-corrected chi connectivity index (χ3v) is 3.58. The van der Waals surface area contributed by atoms with Crippen LogP contribution in [0.2, 0.25) is 0 Å². The molecule has 1 heterocycles. The first-order chi connectivity index (χ1) is 9.58. The van der Waals surface area contributed by atoms with E-state index in [1.807, 2.05) is 6.07 Å². The van der Waals surface area contributed by atoms with Crippen LogP contribution in [-0.2, 0) is 4.79 Å². The van der Waals surface area contributed by atoms with Crippen molar-refractivity contribution in [3.63, 3.8) is 0 Å². The van der Waals surface area contributed by atoms with Crippen LogP contribution in [0, 0.1) is 0 Å². The number of carboxylic acid groups (broad SMARTS) is 1. The molecule has 0 aliphatic carbocycles. The van der Waals surface area contributed by atoms with Gasteiger partial charge in [0.05, 0.1) is 19.9 Å². The topological polar surface area (TPSA) is 85.0 Å². The van der Waals surface area contributed by atoms with Gasteiger partial charge < -0.3 is 25.2 Å². The normalized spacial score (nSPS) is 16.1. The summed E-state index contributed by atoms with van der Waals surface area (Å²) in [6.07, 6.45) is 2.28. The average molecular weight is 280 g/mol. The first kappa shape index (κ1) is 14.5. The number of rotatable bonds is 5. The highest BCUT2D eigenvalue weighted by molar-refractivity contribution is 5.78. The fraction of sp³-hybridized carbons (Fsp3) is 0.500. The highest BCUT2D eigenvalue weighted by atomic mass is 16.5. The van der Waals surface area contributed by atoms with Crippen LogP contribution in [0.3, 0.4) is 0 Å². The van der Waals surface area contributed by atoms with E-state index in [1.165, 1.54) is 7.11 Å². The number of methoxy groups -OCH3 is 2. The molecule has 1 aliphatic heterocycles. The lowest BCUT2D eigenvalue weighted by molar-refractivity contribution is -0.138. The zero-order chi connectivity index (χ0) is 14.7. The molecule has 110 valence electrons. The molecule has 0 radical (unpaired) electrons. The minimum absolute atomic E-state index is 0.416. The molecule has 2 rings (SSSR count). The molecule has 1 aromatic carbocycles. The monoisotopic (exact) mass is 280 g/mol. The highest BCUT2D eigenvalue weighted by Gasteiger charge is 2.24.